The minimum Gasteiger partial charge on any atom is -0.399 e. The molecule has 2 aromatic carbocycles. The molecule has 0 radical (unpaired) electrons. The molecule has 4 N–H and O–H groups in total. The molecule has 106 valence electrons. The predicted octanol–water partition coefficient (Wildman–Crippen LogP) is 1.94. The molecule has 3 rings (SSSR count). The Morgan fingerprint density at radius 3 is 2.71 bits per heavy atom. The van der Waals surface area contributed by atoms with Crippen molar-refractivity contribution < 1.29 is 9.59 Å². The van der Waals surface area contributed by atoms with Gasteiger partial charge in [-0.15, -0.1) is 0 Å². The molecule has 2 amide bonds. The first-order valence-corrected chi connectivity index (χ1v) is 6.67. The van der Waals surface area contributed by atoms with Crippen molar-refractivity contribution in [3.8, 4) is 0 Å². The highest BCUT2D eigenvalue weighted by atomic mass is 16.2. The van der Waals surface area contributed by atoms with Gasteiger partial charge >= 0.3 is 0 Å². The fraction of sp³-hybridized carbons (Fsp3) is 0.125. The molecule has 1 aliphatic rings. The fourth-order valence-electron chi connectivity index (χ4n) is 2.33. The monoisotopic (exact) mass is 281 g/mol. The maximum atomic E-state index is 12.0. The second-order valence-electron chi connectivity index (χ2n) is 5.06. The first kappa shape index (κ1) is 13.2. The lowest BCUT2D eigenvalue weighted by Crippen LogP contribution is -2.14. The van der Waals surface area contributed by atoms with Gasteiger partial charge in [-0.2, -0.15) is 0 Å². The summed E-state index contributed by atoms with van der Waals surface area (Å²) in [5, 5.41) is 5.60. The molecule has 0 spiro atoms. The van der Waals surface area contributed by atoms with Crippen LogP contribution in [-0.4, -0.2) is 11.8 Å². The number of carbonyl (C=O) groups excluding carboxylic acids is 2. The van der Waals surface area contributed by atoms with Gasteiger partial charge in [-0.25, -0.2) is 0 Å². The molecule has 2 aromatic rings. The number of nitrogen functional groups attached to an aromatic ring is 1. The molecular weight excluding hydrogens is 266 g/mol. The first-order chi connectivity index (χ1) is 10.1. The normalized spacial score (nSPS) is 12.7. The molecule has 5 nitrogen and oxygen atoms in total. The largest absolute Gasteiger partial charge is 0.399 e. The Balaban J connectivity index is 1.66. The van der Waals surface area contributed by atoms with Crippen LogP contribution in [0, 0.1) is 0 Å². The van der Waals surface area contributed by atoms with Crippen molar-refractivity contribution in [3.05, 3.63) is 53.6 Å². The smallest absolute Gasteiger partial charge is 0.228 e. The van der Waals surface area contributed by atoms with Crippen molar-refractivity contribution >= 4 is 28.9 Å². The van der Waals surface area contributed by atoms with Gasteiger partial charge in [-0.05, 0) is 41.5 Å². The first-order valence-electron chi connectivity index (χ1n) is 6.67. The number of nitrogens with two attached hydrogens (primary N) is 1. The lowest BCUT2D eigenvalue weighted by molar-refractivity contribution is -0.116. The number of carbonyl (C=O) groups is 2. The Hall–Kier alpha value is -2.82. The fourth-order valence-corrected chi connectivity index (χ4v) is 2.33. The molecule has 21 heavy (non-hydrogen) atoms. The summed E-state index contributed by atoms with van der Waals surface area (Å²) >= 11 is 0. The molecular formula is C16H15N3O2. The maximum absolute atomic E-state index is 12.0. The van der Waals surface area contributed by atoms with Crippen LogP contribution in [0.2, 0.25) is 0 Å². The summed E-state index contributed by atoms with van der Waals surface area (Å²) in [6.45, 7) is 0. The van der Waals surface area contributed by atoms with Gasteiger partial charge in [0.05, 0.1) is 12.8 Å². The summed E-state index contributed by atoms with van der Waals surface area (Å²) < 4.78 is 0. The van der Waals surface area contributed by atoms with Crippen molar-refractivity contribution in [2.75, 3.05) is 16.4 Å². The predicted molar refractivity (Wildman–Crippen MR) is 82.0 cm³/mol. The van der Waals surface area contributed by atoms with Gasteiger partial charge in [0.2, 0.25) is 11.8 Å². The van der Waals surface area contributed by atoms with Gasteiger partial charge in [-0.3, -0.25) is 9.59 Å². The van der Waals surface area contributed by atoms with E-state index in [-0.39, 0.29) is 18.2 Å². The second-order valence-corrected chi connectivity index (χ2v) is 5.06. The third-order valence-electron chi connectivity index (χ3n) is 3.36. The highest BCUT2D eigenvalue weighted by molar-refractivity contribution is 6.00. The summed E-state index contributed by atoms with van der Waals surface area (Å²) in [6.07, 6.45) is 0.644. The second kappa shape index (κ2) is 5.28. The van der Waals surface area contributed by atoms with Crippen molar-refractivity contribution in [2.45, 2.75) is 12.8 Å². The summed E-state index contributed by atoms with van der Waals surface area (Å²) in [7, 11) is 0. The van der Waals surface area contributed by atoms with Gasteiger partial charge in [0.15, 0.2) is 0 Å². The van der Waals surface area contributed by atoms with E-state index < -0.39 is 0 Å². The van der Waals surface area contributed by atoms with Gasteiger partial charge in [-0.1, -0.05) is 12.1 Å². The minimum atomic E-state index is -0.1000. The number of fused-ring (bicyclic) bond motifs is 1. The third-order valence-corrected chi connectivity index (χ3v) is 3.36. The van der Waals surface area contributed by atoms with Gasteiger partial charge in [0.1, 0.15) is 0 Å². The van der Waals surface area contributed by atoms with E-state index in [1.165, 1.54) is 0 Å². The van der Waals surface area contributed by atoms with E-state index in [9.17, 15) is 9.59 Å². The van der Waals surface area contributed by atoms with Crippen LogP contribution in [0.15, 0.2) is 42.5 Å². The number of benzene rings is 2. The average molecular weight is 281 g/mol. The van der Waals surface area contributed by atoms with Crippen LogP contribution in [0.5, 0.6) is 0 Å². The number of amides is 2. The van der Waals surface area contributed by atoms with Gasteiger partial charge in [0, 0.05) is 17.1 Å². The summed E-state index contributed by atoms with van der Waals surface area (Å²) in [4.78, 5) is 23.3. The molecule has 0 atom stereocenters. The average Bonchev–Trinajstić information content (AvgIpc) is 2.80. The molecule has 0 aliphatic carbocycles. The van der Waals surface area contributed by atoms with E-state index in [0.29, 0.717) is 17.8 Å². The van der Waals surface area contributed by atoms with E-state index >= 15 is 0 Å². The molecule has 5 heteroatoms. The number of hydrogen-bond donors (Lipinski definition) is 3. The quantitative estimate of drug-likeness (QED) is 0.752. The van der Waals surface area contributed by atoms with Crippen molar-refractivity contribution in [2.24, 2.45) is 0 Å². The highest BCUT2D eigenvalue weighted by Crippen LogP contribution is 2.26. The Bertz CT molecular complexity index is 708. The van der Waals surface area contributed by atoms with Crippen LogP contribution in [-0.2, 0) is 22.4 Å². The molecule has 0 saturated heterocycles. The number of rotatable bonds is 3. The van der Waals surface area contributed by atoms with Crippen LogP contribution in [0.25, 0.3) is 0 Å². The minimum absolute atomic E-state index is 0.0182. The van der Waals surface area contributed by atoms with E-state index in [4.69, 9.17) is 5.73 Å². The van der Waals surface area contributed by atoms with Gasteiger partial charge in [0.25, 0.3) is 0 Å². The molecule has 0 fully saturated rings. The zero-order valence-electron chi connectivity index (χ0n) is 11.3. The van der Waals surface area contributed by atoms with Crippen molar-refractivity contribution in [3.63, 3.8) is 0 Å². The molecule has 0 aromatic heterocycles. The van der Waals surface area contributed by atoms with Crippen LogP contribution in [0.1, 0.15) is 11.1 Å². The molecule has 0 unspecified atom stereocenters. The summed E-state index contributed by atoms with van der Waals surface area (Å²) in [5.41, 5.74) is 9.61. The standard InChI is InChI=1S/C16H15N3O2/c17-12-3-1-10(2-4-12)7-15(20)18-13-5-6-14-11(8-13)9-16(21)19-14/h1-6,8H,7,9,17H2,(H,18,20)(H,19,21). The van der Waals surface area contributed by atoms with E-state index in [0.717, 1.165) is 16.8 Å². The van der Waals surface area contributed by atoms with Crippen molar-refractivity contribution in [1.29, 1.82) is 0 Å². The van der Waals surface area contributed by atoms with Gasteiger partial charge < -0.3 is 16.4 Å². The van der Waals surface area contributed by atoms with Crippen molar-refractivity contribution in [1.82, 2.24) is 0 Å². The van der Waals surface area contributed by atoms with Crippen LogP contribution in [0.3, 0.4) is 0 Å². The zero-order valence-corrected chi connectivity index (χ0v) is 11.3. The Kier molecular flexibility index (Phi) is 3.31. The number of anilines is 3. The Labute approximate surface area is 122 Å². The third kappa shape index (κ3) is 3.02. The lowest BCUT2D eigenvalue weighted by Gasteiger charge is -2.07. The van der Waals surface area contributed by atoms with E-state index in [1.807, 2.05) is 18.2 Å². The van der Waals surface area contributed by atoms with E-state index in [1.54, 1.807) is 24.3 Å². The summed E-state index contributed by atoms with van der Waals surface area (Å²) in [6, 6.07) is 12.6. The number of nitrogens with one attached hydrogen (secondary N) is 2. The van der Waals surface area contributed by atoms with Crippen LogP contribution < -0.4 is 16.4 Å². The molecule has 1 heterocycles. The molecule has 0 saturated carbocycles. The lowest BCUT2D eigenvalue weighted by atomic mass is 10.1. The van der Waals surface area contributed by atoms with E-state index in [2.05, 4.69) is 10.6 Å². The molecule has 0 bridgehead atoms. The highest BCUT2D eigenvalue weighted by Gasteiger charge is 2.17. The Morgan fingerprint density at radius 1 is 1.19 bits per heavy atom. The Morgan fingerprint density at radius 2 is 1.95 bits per heavy atom. The molecule has 1 aliphatic heterocycles. The maximum Gasteiger partial charge on any atom is 0.228 e. The SMILES string of the molecule is Nc1ccc(CC(=O)Nc2ccc3c(c2)CC(=O)N3)cc1. The zero-order chi connectivity index (χ0) is 14.8. The topological polar surface area (TPSA) is 84.2 Å². The number of hydrogen-bond acceptors (Lipinski definition) is 3. The van der Waals surface area contributed by atoms with Crippen LogP contribution >= 0.6 is 0 Å². The summed E-state index contributed by atoms with van der Waals surface area (Å²) in [5.74, 6) is -0.118. The van der Waals surface area contributed by atoms with Crippen LogP contribution in [0.4, 0.5) is 17.1 Å².